The smallest absolute Gasteiger partial charge is 0.303 e. The van der Waals surface area contributed by atoms with Crippen LogP contribution in [0.2, 0.25) is 0 Å². The maximum atomic E-state index is 11.9. The van der Waals surface area contributed by atoms with Gasteiger partial charge in [-0.15, -0.1) is 0 Å². The van der Waals surface area contributed by atoms with Crippen LogP contribution in [-0.2, 0) is 16.0 Å². The van der Waals surface area contributed by atoms with Gasteiger partial charge in [0, 0.05) is 18.4 Å². The second kappa shape index (κ2) is 10.5. The number of allylic oxidation sites excluding steroid dienone is 1. The third kappa shape index (κ3) is 5.43. The summed E-state index contributed by atoms with van der Waals surface area (Å²) in [5.74, 6) is 1.27. The highest BCUT2D eigenvalue weighted by atomic mass is 16.5. The molecule has 1 aromatic carbocycles. The normalized spacial score (nSPS) is 21.6. The minimum Gasteiger partial charge on any atom is -0.496 e. The molecular weight excluding hydrogens is 364 g/mol. The van der Waals surface area contributed by atoms with Gasteiger partial charge in [-0.25, -0.2) is 0 Å². The highest BCUT2D eigenvalue weighted by molar-refractivity contribution is 5.67. The molecule has 29 heavy (non-hydrogen) atoms. The average Bonchev–Trinajstić information content (AvgIpc) is 2.68. The first kappa shape index (κ1) is 23.1. The summed E-state index contributed by atoms with van der Waals surface area (Å²) in [6, 6.07) is 4.20. The summed E-state index contributed by atoms with van der Waals surface area (Å²) in [5.41, 5.74) is 4.13. The Bertz CT molecular complexity index is 724. The van der Waals surface area contributed by atoms with Gasteiger partial charge in [-0.2, -0.15) is 0 Å². The number of rotatable bonds is 9. The minimum atomic E-state index is -0.420. The maximum Gasteiger partial charge on any atom is 0.303 e. The number of carbonyl (C=O) groups excluding carboxylic acids is 1. The first-order chi connectivity index (χ1) is 13.8. The molecule has 0 aromatic heterocycles. The Morgan fingerprint density at radius 2 is 1.76 bits per heavy atom. The number of hydrogen-bond donors (Lipinski definition) is 0. The van der Waals surface area contributed by atoms with E-state index in [4.69, 9.17) is 14.2 Å². The molecule has 0 saturated heterocycles. The largest absolute Gasteiger partial charge is 0.496 e. The van der Waals surface area contributed by atoms with E-state index in [0.717, 1.165) is 53.9 Å². The fraction of sp³-hybridized carbons (Fsp3) is 0.560. The number of benzene rings is 1. The Kier molecular flexibility index (Phi) is 8.36. The van der Waals surface area contributed by atoms with Crippen LogP contribution < -0.4 is 9.47 Å². The van der Waals surface area contributed by atoms with Gasteiger partial charge >= 0.3 is 5.97 Å². The van der Waals surface area contributed by atoms with Crippen molar-refractivity contribution in [3.63, 3.8) is 0 Å². The molecule has 1 aliphatic carbocycles. The maximum absolute atomic E-state index is 11.9. The first-order valence-corrected chi connectivity index (χ1v) is 10.6. The van der Waals surface area contributed by atoms with Gasteiger partial charge in [-0.3, -0.25) is 4.79 Å². The molecule has 1 aromatic rings. The highest BCUT2D eigenvalue weighted by Crippen LogP contribution is 2.50. The van der Waals surface area contributed by atoms with E-state index < -0.39 is 6.10 Å². The zero-order chi connectivity index (χ0) is 21.6. The summed E-state index contributed by atoms with van der Waals surface area (Å²) >= 11 is 0. The molecule has 4 nitrogen and oxygen atoms in total. The lowest BCUT2D eigenvalue weighted by Crippen LogP contribution is -2.36. The Labute approximate surface area is 175 Å². The van der Waals surface area contributed by atoms with Crippen molar-refractivity contribution in [2.75, 3.05) is 14.2 Å². The number of ether oxygens (including phenoxy) is 3. The summed E-state index contributed by atoms with van der Waals surface area (Å²) in [5, 5.41) is 0. The third-order valence-corrected chi connectivity index (χ3v) is 5.87. The molecule has 0 amide bonds. The summed E-state index contributed by atoms with van der Waals surface area (Å²) < 4.78 is 17.4. The van der Waals surface area contributed by atoms with Gasteiger partial charge < -0.3 is 14.2 Å². The van der Waals surface area contributed by atoms with E-state index in [1.54, 1.807) is 14.2 Å². The van der Waals surface area contributed by atoms with Gasteiger partial charge in [0.25, 0.3) is 0 Å². The van der Waals surface area contributed by atoms with E-state index in [2.05, 4.69) is 32.2 Å². The molecule has 2 rings (SSSR count). The van der Waals surface area contributed by atoms with E-state index in [1.807, 2.05) is 6.92 Å². The summed E-state index contributed by atoms with van der Waals surface area (Å²) in [7, 11) is 3.37. The van der Waals surface area contributed by atoms with Crippen molar-refractivity contribution in [2.45, 2.75) is 71.3 Å². The molecule has 1 fully saturated rings. The van der Waals surface area contributed by atoms with Crippen molar-refractivity contribution in [2.24, 2.45) is 5.92 Å². The van der Waals surface area contributed by atoms with Gasteiger partial charge in [0.2, 0.25) is 0 Å². The number of aryl methyl sites for hydroxylation is 1. The second-order valence-corrected chi connectivity index (χ2v) is 8.08. The van der Waals surface area contributed by atoms with E-state index in [1.165, 1.54) is 25.3 Å². The van der Waals surface area contributed by atoms with Crippen LogP contribution >= 0.6 is 0 Å². The van der Waals surface area contributed by atoms with Crippen LogP contribution in [0.5, 0.6) is 11.5 Å². The first-order valence-electron chi connectivity index (χ1n) is 10.6. The third-order valence-electron chi connectivity index (χ3n) is 5.87. The molecule has 4 heteroatoms. The lowest BCUT2D eigenvalue weighted by atomic mass is 9.68. The van der Waals surface area contributed by atoms with Crippen LogP contribution in [0.25, 0.3) is 0 Å². The van der Waals surface area contributed by atoms with E-state index in [9.17, 15) is 4.79 Å². The van der Waals surface area contributed by atoms with E-state index in [0.29, 0.717) is 0 Å². The lowest BCUT2D eigenvalue weighted by Gasteiger charge is -2.40. The molecule has 0 aliphatic heterocycles. The second-order valence-electron chi connectivity index (χ2n) is 8.08. The Hall–Kier alpha value is -2.23. The molecular formula is C25H36O4. The van der Waals surface area contributed by atoms with Crippen LogP contribution in [0, 0.1) is 5.92 Å². The van der Waals surface area contributed by atoms with Gasteiger partial charge in [0.1, 0.15) is 17.6 Å². The quantitative estimate of drug-likeness (QED) is 0.290. The molecule has 1 saturated carbocycles. The lowest BCUT2D eigenvalue weighted by molar-refractivity contribution is -0.146. The number of methoxy groups -OCH3 is 2. The highest BCUT2D eigenvalue weighted by Gasteiger charge is 2.42. The summed E-state index contributed by atoms with van der Waals surface area (Å²) in [6.45, 7) is 14.1. The van der Waals surface area contributed by atoms with Gasteiger partial charge in [0.15, 0.2) is 0 Å². The number of unbranched alkanes of at least 4 members (excludes halogenated alkanes) is 2. The van der Waals surface area contributed by atoms with Gasteiger partial charge in [-0.05, 0) is 61.8 Å². The van der Waals surface area contributed by atoms with Crippen molar-refractivity contribution >= 4 is 5.97 Å². The molecule has 0 spiro atoms. The Morgan fingerprint density at radius 3 is 2.24 bits per heavy atom. The molecule has 0 heterocycles. The van der Waals surface area contributed by atoms with Crippen LogP contribution in [0.4, 0.5) is 0 Å². The predicted molar refractivity (Wildman–Crippen MR) is 118 cm³/mol. The van der Waals surface area contributed by atoms with Crippen molar-refractivity contribution in [3.8, 4) is 11.5 Å². The van der Waals surface area contributed by atoms with Crippen LogP contribution in [0.3, 0.4) is 0 Å². The number of esters is 1. The molecule has 1 aliphatic rings. The molecule has 0 bridgehead atoms. The zero-order valence-electron chi connectivity index (χ0n) is 18.7. The Balaban J connectivity index is 2.59. The molecule has 160 valence electrons. The summed E-state index contributed by atoms with van der Waals surface area (Å²) in [4.78, 5) is 11.9. The SMILES string of the molecule is C=C1CC[C@@H](C(=C)C)[C@H](c2c(OC)cc(CCCCC)cc2OC)C1OC(C)=O. The molecule has 1 unspecified atom stereocenters. The zero-order valence-corrected chi connectivity index (χ0v) is 18.7. The molecule has 0 N–H and O–H groups in total. The molecule has 0 radical (unpaired) electrons. The predicted octanol–water partition coefficient (Wildman–Crippen LogP) is 5.99. The van der Waals surface area contributed by atoms with Crippen molar-refractivity contribution in [1.29, 1.82) is 0 Å². The van der Waals surface area contributed by atoms with Crippen LogP contribution in [0.1, 0.15) is 69.9 Å². The molecule has 3 atom stereocenters. The van der Waals surface area contributed by atoms with E-state index in [-0.39, 0.29) is 17.8 Å². The summed E-state index contributed by atoms with van der Waals surface area (Å²) in [6.07, 6.45) is 5.80. The fourth-order valence-electron chi connectivity index (χ4n) is 4.41. The topological polar surface area (TPSA) is 44.8 Å². The van der Waals surface area contributed by atoms with Crippen LogP contribution in [0.15, 0.2) is 36.4 Å². The van der Waals surface area contributed by atoms with Gasteiger partial charge in [-0.1, -0.05) is 38.5 Å². The van der Waals surface area contributed by atoms with Crippen molar-refractivity contribution < 1.29 is 19.0 Å². The number of carbonyl (C=O) groups is 1. The van der Waals surface area contributed by atoms with E-state index >= 15 is 0 Å². The fourth-order valence-corrected chi connectivity index (χ4v) is 4.41. The van der Waals surface area contributed by atoms with Crippen molar-refractivity contribution in [3.05, 3.63) is 47.6 Å². The van der Waals surface area contributed by atoms with Crippen molar-refractivity contribution in [1.82, 2.24) is 0 Å². The van der Waals surface area contributed by atoms with Crippen LogP contribution in [-0.4, -0.2) is 26.3 Å². The monoisotopic (exact) mass is 400 g/mol. The standard InChI is InChI=1S/C25H36O4/c1-8-9-10-11-19-14-21(27-6)24(22(15-19)28-7)23-20(16(2)3)13-12-17(4)25(23)29-18(5)26/h14-15,20,23,25H,2,4,8-13H2,1,3,5-7H3/t20-,23+,25?/m0/s1. The van der Waals surface area contributed by atoms with Gasteiger partial charge in [0.05, 0.1) is 14.2 Å². The average molecular weight is 401 g/mol. The number of hydrogen-bond acceptors (Lipinski definition) is 4. The minimum absolute atomic E-state index is 0.132. The Morgan fingerprint density at radius 1 is 1.14 bits per heavy atom.